The molecule has 1 aliphatic heterocycles. The van der Waals surface area contributed by atoms with E-state index >= 15 is 0 Å². The van der Waals surface area contributed by atoms with E-state index in [-0.39, 0.29) is 5.60 Å². The van der Waals surface area contributed by atoms with Gasteiger partial charge in [-0.15, -0.1) is 0 Å². The normalized spacial score (nSPS) is 23.7. The Kier molecular flexibility index (Phi) is 6.53. The second-order valence-corrected chi connectivity index (χ2v) is 19.7. The fourth-order valence-electron chi connectivity index (χ4n) is 4.87. The molecule has 1 saturated heterocycles. The van der Waals surface area contributed by atoms with Gasteiger partial charge in [-0.2, -0.15) is 0 Å². The molecule has 22 heavy (non-hydrogen) atoms. The van der Waals surface area contributed by atoms with Crippen LogP contribution in [0.3, 0.4) is 0 Å². The second-order valence-electron chi connectivity index (χ2n) is 8.13. The number of hydrogen-bond acceptors (Lipinski definition) is 3. The fraction of sp³-hybridized carbons (Fsp3) is 1.00. The zero-order valence-corrected chi connectivity index (χ0v) is 18.4. The Morgan fingerprint density at radius 3 is 1.50 bits per heavy atom. The largest absolute Gasteiger partial charge is 0.407 e. The Hall–Kier alpha value is 0.314. The van der Waals surface area contributed by atoms with Crippen LogP contribution in [-0.2, 0) is 13.3 Å². The topological polar surface area (TPSA) is 27.7 Å². The highest BCUT2D eigenvalue weighted by atomic mass is 29.3. The third kappa shape index (κ3) is 2.77. The predicted octanol–water partition coefficient (Wildman–Crippen LogP) is 5.04. The predicted molar refractivity (Wildman–Crippen MR) is 98.6 cm³/mol. The smallest absolute Gasteiger partial charge is 0.349 e. The molecule has 0 atom stereocenters. The lowest BCUT2D eigenvalue weighted by Gasteiger charge is -2.60. The average molecular weight is 347 g/mol. The summed E-state index contributed by atoms with van der Waals surface area (Å²) in [5, 5.41) is 0. The molecule has 1 aliphatic rings. The molecule has 0 aromatic heterocycles. The minimum absolute atomic E-state index is 0.0334. The van der Waals surface area contributed by atoms with Crippen LogP contribution in [0.4, 0.5) is 0 Å². The van der Waals surface area contributed by atoms with E-state index in [1.165, 1.54) is 0 Å². The molecule has 3 nitrogen and oxygen atoms in total. The summed E-state index contributed by atoms with van der Waals surface area (Å²) in [4.78, 5) is 0. The molecule has 0 amide bonds. The van der Waals surface area contributed by atoms with Gasteiger partial charge >= 0.3 is 8.08 Å². The second kappa shape index (κ2) is 7.05. The van der Waals surface area contributed by atoms with Crippen LogP contribution in [0.5, 0.6) is 0 Å². The van der Waals surface area contributed by atoms with Crippen molar-refractivity contribution >= 4 is 15.9 Å². The van der Waals surface area contributed by atoms with Crippen molar-refractivity contribution in [3.8, 4) is 0 Å². The third-order valence-electron chi connectivity index (χ3n) is 6.13. The van der Waals surface area contributed by atoms with Gasteiger partial charge in [0.2, 0.25) is 7.83 Å². The Morgan fingerprint density at radius 1 is 0.818 bits per heavy atom. The molecule has 132 valence electrons. The van der Waals surface area contributed by atoms with Crippen molar-refractivity contribution < 1.29 is 13.3 Å². The van der Waals surface area contributed by atoms with Crippen molar-refractivity contribution in [3.63, 3.8) is 0 Å². The van der Waals surface area contributed by atoms with Crippen molar-refractivity contribution in [1.82, 2.24) is 0 Å². The molecule has 0 saturated carbocycles. The molecule has 0 spiro atoms. The Bertz CT molecular complexity index is 347. The molecule has 0 aromatic carbocycles. The van der Waals surface area contributed by atoms with Gasteiger partial charge in [-0.3, -0.25) is 0 Å². The zero-order valence-electron chi connectivity index (χ0n) is 16.4. The summed E-state index contributed by atoms with van der Waals surface area (Å²) in [6.45, 7) is 18.5. The van der Waals surface area contributed by atoms with E-state index in [1.54, 1.807) is 0 Å². The van der Waals surface area contributed by atoms with E-state index in [1.807, 2.05) is 14.2 Å². The molecule has 0 unspecified atom stereocenters. The molecule has 1 fully saturated rings. The Labute approximate surface area is 140 Å². The summed E-state index contributed by atoms with van der Waals surface area (Å²) < 4.78 is 19.6. The average Bonchev–Trinajstić information content (AvgIpc) is 2.45. The van der Waals surface area contributed by atoms with Gasteiger partial charge in [0.1, 0.15) is 0 Å². The van der Waals surface area contributed by atoms with Gasteiger partial charge in [0.05, 0.1) is 5.60 Å². The van der Waals surface area contributed by atoms with Gasteiger partial charge in [-0.1, -0.05) is 55.4 Å². The molecular formula is C17H38O3Si2. The van der Waals surface area contributed by atoms with Crippen LogP contribution in [0, 0.1) is 11.8 Å². The minimum Gasteiger partial charge on any atom is -0.407 e. The lowest BCUT2D eigenvalue weighted by molar-refractivity contribution is -0.0469. The minimum atomic E-state index is -2.30. The van der Waals surface area contributed by atoms with Gasteiger partial charge in [-0.05, 0) is 35.4 Å². The van der Waals surface area contributed by atoms with E-state index in [9.17, 15) is 0 Å². The van der Waals surface area contributed by atoms with Gasteiger partial charge in [0.25, 0.3) is 0 Å². The van der Waals surface area contributed by atoms with E-state index in [4.69, 9.17) is 13.3 Å². The van der Waals surface area contributed by atoms with Crippen LogP contribution in [0.15, 0.2) is 0 Å². The Balaban J connectivity index is 3.51. The first-order valence-electron chi connectivity index (χ1n) is 8.86. The molecule has 0 radical (unpaired) electrons. The first-order valence-corrected chi connectivity index (χ1v) is 14.0. The maximum absolute atomic E-state index is 7.26. The molecule has 1 rings (SSSR count). The first-order chi connectivity index (χ1) is 10.1. The van der Waals surface area contributed by atoms with E-state index in [0.29, 0.717) is 22.9 Å². The van der Waals surface area contributed by atoms with Crippen LogP contribution < -0.4 is 0 Å². The quantitative estimate of drug-likeness (QED) is 0.631. The van der Waals surface area contributed by atoms with Crippen LogP contribution in [0.25, 0.3) is 0 Å². The van der Waals surface area contributed by atoms with E-state index < -0.39 is 15.9 Å². The van der Waals surface area contributed by atoms with Crippen molar-refractivity contribution in [3.05, 3.63) is 0 Å². The molecular weight excluding hydrogens is 308 g/mol. The number of hydrogen-bond donors (Lipinski definition) is 0. The van der Waals surface area contributed by atoms with E-state index in [2.05, 4.69) is 55.4 Å². The van der Waals surface area contributed by atoms with Gasteiger partial charge in [0.15, 0.2) is 0 Å². The van der Waals surface area contributed by atoms with Gasteiger partial charge in [-0.25, -0.2) is 0 Å². The van der Waals surface area contributed by atoms with Crippen molar-refractivity contribution in [2.24, 2.45) is 11.8 Å². The first kappa shape index (κ1) is 20.4. The summed E-state index contributed by atoms with van der Waals surface area (Å²) >= 11 is 0. The molecule has 1 heterocycles. The summed E-state index contributed by atoms with van der Waals surface area (Å²) in [5.74, 6) is 1.02. The summed E-state index contributed by atoms with van der Waals surface area (Å²) in [7, 11) is -0.783. The van der Waals surface area contributed by atoms with Crippen LogP contribution in [0.1, 0.15) is 61.8 Å². The lowest BCUT2D eigenvalue weighted by Crippen LogP contribution is -2.77. The van der Waals surface area contributed by atoms with Crippen molar-refractivity contribution in [2.75, 3.05) is 14.2 Å². The Morgan fingerprint density at radius 2 is 1.23 bits per heavy atom. The van der Waals surface area contributed by atoms with Crippen LogP contribution in [-0.4, -0.2) is 35.7 Å². The third-order valence-corrected chi connectivity index (χ3v) is 23.0. The zero-order chi connectivity index (χ0) is 17.3. The molecule has 5 heteroatoms. The molecule has 0 aliphatic carbocycles. The fourth-order valence-corrected chi connectivity index (χ4v) is 21.9. The molecule has 0 N–H and O–H groups in total. The van der Waals surface area contributed by atoms with Gasteiger partial charge < -0.3 is 13.3 Å². The van der Waals surface area contributed by atoms with Crippen molar-refractivity contribution in [2.45, 2.75) is 84.5 Å². The summed E-state index contributed by atoms with van der Waals surface area (Å²) in [6.07, 6.45) is 1.06. The highest BCUT2D eigenvalue weighted by Crippen LogP contribution is 2.54. The van der Waals surface area contributed by atoms with E-state index in [0.717, 1.165) is 12.5 Å². The summed E-state index contributed by atoms with van der Waals surface area (Å²) in [5.41, 5.74) is 0.960. The monoisotopic (exact) mass is 346 g/mol. The highest BCUT2D eigenvalue weighted by Gasteiger charge is 2.70. The lowest BCUT2D eigenvalue weighted by atomic mass is 9.78. The molecule has 0 bridgehead atoms. The standard InChI is InChI=1S/C17H38O3Si2/c1-13(2)17(14(3)4)11-12-21(18-9,19-10)22(20-17,15(5)6)16(7)8/h13-16H,11-12H2,1-10H3. The SMILES string of the molecule is CO[Si]1(OC)CCC(C(C)C)(C(C)C)O[Si]1(C(C)C)C(C)C. The van der Waals surface area contributed by atoms with Crippen LogP contribution in [0.2, 0.25) is 17.1 Å². The summed E-state index contributed by atoms with van der Waals surface area (Å²) in [6, 6.07) is 1.07. The number of rotatable bonds is 6. The maximum Gasteiger partial charge on any atom is 0.349 e. The maximum atomic E-state index is 7.26. The van der Waals surface area contributed by atoms with Crippen LogP contribution >= 0.6 is 0 Å². The highest BCUT2D eigenvalue weighted by molar-refractivity contribution is 7.36. The van der Waals surface area contributed by atoms with Gasteiger partial charge in [0, 0.05) is 14.2 Å². The van der Waals surface area contributed by atoms with Crippen molar-refractivity contribution in [1.29, 1.82) is 0 Å². The molecule has 0 aromatic rings.